The SMILES string of the molecule is OC[C@@H]1CCN(c2nccs2)C1. The summed E-state index contributed by atoms with van der Waals surface area (Å²) in [6.45, 7) is 2.31. The number of aromatic nitrogens is 1. The molecule has 0 radical (unpaired) electrons. The highest BCUT2D eigenvalue weighted by Gasteiger charge is 2.22. The van der Waals surface area contributed by atoms with Crippen LogP contribution in [-0.4, -0.2) is 29.8 Å². The largest absolute Gasteiger partial charge is 0.396 e. The second-order valence-electron chi connectivity index (χ2n) is 3.10. The van der Waals surface area contributed by atoms with Crippen LogP contribution in [0.4, 0.5) is 5.13 Å². The Morgan fingerprint density at radius 2 is 2.67 bits per heavy atom. The zero-order valence-electron chi connectivity index (χ0n) is 6.81. The van der Waals surface area contributed by atoms with Crippen LogP contribution in [0.5, 0.6) is 0 Å². The molecule has 12 heavy (non-hydrogen) atoms. The van der Waals surface area contributed by atoms with Gasteiger partial charge in [-0.2, -0.15) is 0 Å². The van der Waals surface area contributed by atoms with E-state index in [0.29, 0.717) is 12.5 Å². The van der Waals surface area contributed by atoms with Crippen molar-refractivity contribution in [2.24, 2.45) is 5.92 Å². The predicted molar refractivity (Wildman–Crippen MR) is 49.5 cm³/mol. The number of thiazole rings is 1. The molecule has 0 aromatic carbocycles. The first-order valence-electron chi connectivity index (χ1n) is 4.15. The lowest BCUT2D eigenvalue weighted by Crippen LogP contribution is -2.20. The minimum Gasteiger partial charge on any atom is -0.396 e. The summed E-state index contributed by atoms with van der Waals surface area (Å²) in [6.07, 6.45) is 2.92. The summed E-state index contributed by atoms with van der Waals surface area (Å²) in [5.74, 6) is 0.453. The lowest BCUT2D eigenvalue weighted by molar-refractivity contribution is 0.238. The Morgan fingerprint density at radius 3 is 3.25 bits per heavy atom. The van der Waals surface area contributed by atoms with E-state index in [2.05, 4.69) is 9.88 Å². The molecule has 1 aromatic heterocycles. The molecule has 2 rings (SSSR count). The Kier molecular flexibility index (Phi) is 2.28. The minimum absolute atomic E-state index is 0.307. The van der Waals surface area contributed by atoms with E-state index in [4.69, 9.17) is 5.11 Å². The first kappa shape index (κ1) is 8.01. The number of aliphatic hydroxyl groups excluding tert-OH is 1. The van der Waals surface area contributed by atoms with Gasteiger partial charge in [-0.25, -0.2) is 4.98 Å². The topological polar surface area (TPSA) is 36.4 Å². The monoisotopic (exact) mass is 184 g/mol. The van der Waals surface area contributed by atoms with E-state index in [1.165, 1.54) is 0 Å². The van der Waals surface area contributed by atoms with E-state index >= 15 is 0 Å². The van der Waals surface area contributed by atoms with Gasteiger partial charge in [0, 0.05) is 37.2 Å². The maximum atomic E-state index is 8.94. The van der Waals surface area contributed by atoms with Gasteiger partial charge in [-0.15, -0.1) is 11.3 Å². The van der Waals surface area contributed by atoms with Gasteiger partial charge in [0.05, 0.1) is 0 Å². The Balaban J connectivity index is 2.00. The van der Waals surface area contributed by atoms with Gasteiger partial charge in [-0.3, -0.25) is 0 Å². The first-order chi connectivity index (χ1) is 5.90. The molecular weight excluding hydrogens is 172 g/mol. The van der Waals surface area contributed by atoms with Gasteiger partial charge < -0.3 is 10.0 Å². The zero-order chi connectivity index (χ0) is 8.39. The van der Waals surface area contributed by atoms with E-state index in [-0.39, 0.29) is 0 Å². The van der Waals surface area contributed by atoms with Gasteiger partial charge in [0.1, 0.15) is 0 Å². The van der Waals surface area contributed by atoms with Gasteiger partial charge >= 0.3 is 0 Å². The van der Waals surface area contributed by atoms with Gasteiger partial charge in [0.25, 0.3) is 0 Å². The molecule has 1 N–H and O–H groups in total. The first-order valence-corrected chi connectivity index (χ1v) is 5.03. The molecule has 4 heteroatoms. The van der Waals surface area contributed by atoms with Crippen molar-refractivity contribution < 1.29 is 5.11 Å². The maximum Gasteiger partial charge on any atom is 0.185 e. The smallest absolute Gasteiger partial charge is 0.185 e. The average Bonchev–Trinajstić information content (AvgIpc) is 2.75. The Labute approximate surface area is 75.7 Å². The quantitative estimate of drug-likeness (QED) is 0.743. The molecule has 1 fully saturated rings. The van der Waals surface area contributed by atoms with E-state index < -0.39 is 0 Å². The van der Waals surface area contributed by atoms with Crippen LogP contribution >= 0.6 is 11.3 Å². The standard InChI is InChI=1S/C8H12N2OS/c11-6-7-1-3-10(5-7)8-9-2-4-12-8/h2,4,7,11H,1,3,5-6H2/t7-/m1/s1. The van der Waals surface area contributed by atoms with Crippen molar-refractivity contribution in [3.05, 3.63) is 11.6 Å². The predicted octanol–water partition coefficient (Wildman–Crippen LogP) is 0.962. The van der Waals surface area contributed by atoms with E-state index in [1.807, 2.05) is 11.6 Å². The number of rotatable bonds is 2. The van der Waals surface area contributed by atoms with Gasteiger partial charge in [0.15, 0.2) is 5.13 Å². The third-order valence-electron chi connectivity index (χ3n) is 2.23. The fourth-order valence-electron chi connectivity index (χ4n) is 1.53. The van der Waals surface area contributed by atoms with Gasteiger partial charge in [-0.05, 0) is 6.42 Å². The molecule has 66 valence electrons. The second-order valence-corrected chi connectivity index (χ2v) is 3.97. The molecule has 3 nitrogen and oxygen atoms in total. The molecule has 1 saturated heterocycles. The van der Waals surface area contributed by atoms with E-state index in [9.17, 15) is 0 Å². The molecular formula is C8H12N2OS. The fraction of sp³-hybridized carbons (Fsp3) is 0.625. The maximum absolute atomic E-state index is 8.94. The molecule has 1 aliphatic heterocycles. The third kappa shape index (κ3) is 1.44. The molecule has 1 aliphatic rings. The van der Waals surface area contributed by atoms with Crippen LogP contribution in [0, 0.1) is 5.92 Å². The summed E-state index contributed by atoms with van der Waals surface area (Å²) < 4.78 is 0. The fourth-order valence-corrected chi connectivity index (χ4v) is 2.21. The highest BCUT2D eigenvalue weighted by Crippen LogP contribution is 2.24. The summed E-state index contributed by atoms with van der Waals surface area (Å²) in [5, 5.41) is 12.0. The van der Waals surface area contributed by atoms with Gasteiger partial charge in [-0.1, -0.05) is 0 Å². The van der Waals surface area contributed by atoms with Crippen LogP contribution in [0.3, 0.4) is 0 Å². The van der Waals surface area contributed by atoms with Crippen LogP contribution in [0.15, 0.2) is 11.6 Å². The molecule has 2 heterocycles. The highest BCUT2D eigenvalue weighted by molar-refractivity contribution is 7.13. The second kappa shape index (κ2) is 3.41. The molecule has 0 unspecified atom stereocenters. The lowest BCUT2D eigenvalue weighted by atomic mass is 10.1. The van der Waals surface area contributed by atoms with Crippen molar-refractivity contribution in [3.63, 3.8) is 0 Å². The summed E-state index contributed by atoms with van der Waals surface area (Å²) in [7, 11) is 0. The number of aliphatic hydroxyl groups is 1. The Hall–Kier alpha value is -0.610. The molecule has 1 aromatic rings. The number of hydrogen-bond acceptors (Lipinski definition) is 4. The molecule has 0 spiro atoms. The van der Waals surface area contributed by atoms with Crippen LogP contribution in [-0.2, 0) is 0 Å². The van der Waals surface area contributed by atoms with Crippen LogP contribution in [0.1, 0.15) is 6.42 Å². The molecule has 0 saturated carbocycles. The van der Waals surface area contributed by atoms with Crippen molar-refractivity contribution >= 4 is 16.5 Å². The van der Waals surface area contributed by atoms with Crippen LogP contribution in [0.2, 0.25) is 0 Å². The average molecular weight is 184 g/mol. The Morgan fingerprint density at radius 1 is 1.75 bits per heavy atom. The molecule has 1 atom stereocenters. The van der Waals surface area contributed by atoms with Crippen molar-refractivity contribution in [1.29, 1.82) is 0 Å². The lowest BCUT2D eigenvalue weighted by Gasteiger charge is -2.13. The summed E-state index contributed by atoms with van der Waals surface area (Å²) in [4.78, 5) is 6.47. The van der Waals surface area contributed by atoms with Crippen LogP contribution < -0.4 is 4.90 Å². The Bertz CT molecular complexity index is 237. The highest BCUT2D eigenvalue weighted by atomic mass is 32.1. The number of anilines is 1. The van der Waals surface area contributed by atoms with Crippen LogP contribution in [0.25, 0.3) is 0 Å². The van der Waals surface area contributed by atoms with Gasteiger partial charge in [0.2, 0.25) is 0 Å². The molecule has 0 bridgehead atoms. The van der Waals surface area contributed by atoms with Crippen molar-refractivity contribution in [2.75, 3.05) is 24.6 Å². The molecule has 0 amide bonds. The summed E-state index contributed by atoms with van der Waals surface area (Å²) in [6, 6.07) is 0. The van der Waals surface area contributed by atoms with Crippen molar-refractivity contribution in [1.82, 2.24) is 4.98 Å². The van der Waals surface area contributed by atoms with E-state index in [0.717, 1.165) is 24.6 Å². The normalized spacial score (nSPS) is 23.4. The minimum atomic E-state index is 0.307. The summed E-state index contributed by atoms with van der Waals surface area (Å²) >= 11 is 1.67. The molecule has 0 aliphatic carbocycles. The summed E-state index contributed by atoms with van der Waals surface area (Å²) in [5.41, 5.74) is 0. The third-order valence-corrected chi connectivity index (χ3v) is 3.07. The number of hydrogen-bond donors (Lipinski definition) is 1. The van der Waals surface area contributed by atoms with Crippen molar-refractivity contribution in [3.8, 4) is 0 Å². The zero-order valence-corrected chi connectivity index (χ0v) is 7.63. The van der Waals surface area contributed by atoms with Crippen molar-refractivity contribution in [2.45, 2.75) is 6.42 Å². The van der Waals surface area contributed by atoms with E-state index in [1.54, 1.807) is 11.3 Å². The number of nitrogens with zero attached hydrogens (tertiary/aromatic N) is 2.